The summed E-state index contributed by atoms with van der Waals surface area (Å²) in [5, 5.41) is 12.7. The van der Waals surface area contributed by atoms with Gasteiger partial charge in [-0.15, -0.1) is 10.2 Å². The number of aromatic nitrogens is 2. The smallest absolute Gasteiger partial charge is 0.257 e. The zero-order valence-electron chi connectivity index (χ0n) is 15.5. The maximum absolute atomic E-state index is 12.5. The van der Waals surface area contributed by atoms with Crippen LogP contribution in [0, 0.1) is 0 Å². The second-order valence-electron chi connectivity index (χ2n) is 6.51. The number of nitrogens with zero attached hydrogens (tertiary/aromatic N) is 3. The molecule has 0 radical (unpaired) electrons. The fourth-order valence-corrected chi connectivity index (χ4v) is 4.06. The largest absolute Gasteiger partial charge is 0.497 e. The maximum Gasteiger partial charge on any atom is 0.257 e. The normalized spacial score (nSPS) is 16.1. The lowest BCUT2D eigenvalue weighted by molar-refractivity contribution is -0.117. The van der Waals surface area contributed by atoms with Gasteiger partial charge in [0.15, 0.2) is 0 Å². The van der Waals surface area contributed by atoms with Gasteiger partial charge in [-0.3, -0.25) is 14.9 Å². The summed E-state index contributed by atoms with van der Waals surface area (Å²) in [6, 6.07) is 14.0. The van der Waals surface area contributed by atoms with Crippen molar-refractivity contribution < 1.29 is 14.3 Å². The van der Waals surface area contributed by atoms with Crippen LogP contribution >= 0.6 is 22.9 Å². The van der Waals surface area contributed by atoms with Gasteiger partial charge in [0.05, 0.1) is 7.11 Å². The van der Waals surface area contributed by atoms with E-state index < -0.39 is 0 Å². The number of carbonyl (C=O) groups is 2. The molecule has 0 aliphatic carbocycles. The summed E-state index contributed by atoms with van der Waals surface area (Å²) >= 11 is 7.13. The van der Waals surface area contributed by atoms with Gasteiger partial charge in [0.25, 0.3) is 5.91 Å². The lowest BCUT2D eigenvalue weighted by Gasteiger charge is -2.16. The van der Waals surface area contributed by atoms with Crippen molar-refractivity contribution in [3.63, 3.8) is 0 Å². The minimum atomic E-state index is -0.285. The Labute approximate surface area is 176 Å². The van der Waals surface area contributed by atoms with Gasteiger partial charge in [-0.05, 0) is 48.5 Å². The van der Waals surface area contributed by atoms with Gasteiger partial charge in [-0.2, -0.15) is 0 Å². The number of hydrogen-bond acceptors (Lipinski definition) is 6. The molecule has 7 nitrogen and oxygen atoms in total. The van der Waals surface area contributed by atoms with E-state index in [4.69, 9.17) is 16.3 Å². The third-order valence-corrected chi connectivity index (χ3v) is 5.88. The van der Waals surface area contributed by atoms with Crippen molar-refractivity contribution >= 4 is 45.6 Å². The highest BCUT2D eigenvalue weighted by molar-refractivity contribution is 7.15. The number of benzene rings is 2. The molecule has 1 fully saturated rings. The number of anilines is 2. The summed E-state index contributed by atoms with van der Waals surface area (Å²) in [5.74, 6) is 0.416. The predicted molar refractivity (Wildman–Crippen MR) is 112 cm³/mol. The number of nitrogens with one attached hydrogen (secondary N) is 1. The number of halogens is 1. The zero-order valence-corrected chi connectivity index (χ0v) is 17.0. The van der Waals surface area contributed by atoms with Crippen LogP contribution in [0.5, 0.6) is 5.75 Å². The molecular weight excluding hydrogens is 412 g/mol. The van der Waals surface area contributed by atoms with Crippen molar-refractivity contribution in [1.82, 2.24) is 10.2 Å². The third-order valence-electron chi connectivity index (χ3n) is 4.63. The van der Waals surface area contributed by atoms with Gasteiger partial charge in [-0.25, -0.2) is 0 Å². The van der Waals surface area contributed by atoms with Gasteiger partial charge < -0.3 is 9.64 Å². The highest BCUT2D eigenvalue weighted by Gasteiger charge is 2.34. The van der Waals surface area contributed by atoms with Gasteiger partial charge in [0.1, 0.15) is 10.8 Å². The van der Waals surface area contributed by atoms with E-state index >= 15 is 0 Å². The second kappa shape index (κ2) is 8.18. The van der Waals surface area contributed by atoms with Crippen molar-refractivity contribution in [2.45, 2.75) is 12.3 Å². The van der Waals surface area contributed by atoms with E-state index in [0.29, 0.717) is 28.7 Å². The van der Waals surface area contributed by atoms with Crippen molar-refractivity contribution in [2.24, 2.45) is 0 Å². The van der Waals surface area contributed by atoms with E-state index in [-0.39, 0.29) is 17.7 Å². The van der Waals surface area contributed by atoms with Gasteiger partial charge in [0.2, 0.25) is 11.0 Å². The molecule has 1 aliphatic rings. The molecule has 9 heteroatoms. The Kier molecular flexibility index (Phi) is 5.46. The Morgan fingerprint density at radius 3 is 2.59 bits per heavy atom. The van der Waals surface area contributed by atoms with Gasteiger partial charge >= 0.3 is 0 Å². The summed E-state index contributed by atoms with van der Waals surface area (Å²) in [6.07, 6.45) is 0.353. The Bertz CT molecular complexity index is 1040. The Hall–Kier alpha value is -2.97. The monoisotopic (exact) mass is 428 g/mol. The molecule has 0 bridgehead atoms. The molecular formula is C20H17ClN4O3S. The van der Waals surface area contributed by atoms with E-state index in [2.05, 4.69) is 15.5 Å². The lowest BCUT2D eigenvalue weighted by atomic mass is 10.1. The van der Waals surface area contributed by atoms with Crippen LogP contribution in [0.15, 0.2) is 48.5 Å². The standard InChI is InChI=1S/C20H17ClN4O3S/c1-28-16-8-6-15(7-9-16)25-11-13(10-17(25)26)19-23-24-20(29-19)22-18(27)12-2-4-14(21)5-3-12/h2-9,13H,10-11H2,1H3,(H,22,24,27)/t13-/m0/s1. The second-order valence-corrected chi connectivity index (χ2v) is 7.96. The van der Waals surface area contributed by atoms with Crippen LogP contribution < -0.4 is 15.0 Å². The van der Waals surface area contributed by atoms with Crippen molar-refractivity contribution in [3.05, 3.63) is 64.1 Å². The Morgan fingerprint density at radius 2 is 1.90 bits per heavy atom. The topological polar surface area (TPSA) is 84.4 Å². The number of methoxy groups -OCH3 is 1. The first-order valence-electron chi connectivity index (χ1n) is 8.88. The van der Waals surface area contributed by atoms with Crippen LogP contribution in [0.4, 0.5) is 10.8 Å². The van der Waals surface area contributed by atoms with Gasteiger partial charge in [0, 0.05) is 35.2 Å². The third kappa shape index (κ3) is 4.23. The van der Waals surface area contributed by atoms with Crippen molar-refractivity contribution in [3.8, 4) is 5.75 Å². The molecule has 1 atom stereocenters. The van der Waals surface area contributed by atoms with E-state index in [1.807, 2.05) is 24.3 Å². The number of rotatable bonds is 5. The Morgan fingerprint density at radius 1 is 1.17 bits per heavy atom. The van der Waals surface area contributed by atoms with Crippen LogP contribution in [-0.4, -0.2) is 35.7 Å². The molecule has 29 heavy (non-hydrogen) atoms. The number of ether oxygens (including phenoxy) is 1. The molecule has 0 spiro atoms. The molecule has 1 aliphatic heterocycles. The molecule has 1 saturated heterocycles. The van der Waals surface area contributed by atoms with Gasteiger partial charge in [-0.1, -0.05) is 22.9 Å². The number of carbonyl (C=O) groups excluding carboxylic acids is 2. The molecule has 1 N–H and O–H groups in total. The summed E-state index contributed by atoms with van der Waals surface area (Å²) in [4.78, 5) is 26.5. The van der Waals surface area contributed by atoms with E-state index in [0.717, 1.165) is 16.4 Å². The quantitative estimate of drug-likeness (QED) is 0.664. The highest BCUT2D eigenvalue weighted by Crippen LogP contribution is 2.34. The van der Waals surface area contributed by atoms with Crippen LogP contribution in [0.3, 0.4) is 0 Å². The first-order chi connectivity index (χ1) is 14.0. The lowest BCUT2D eigenvalue weighted by Crippen LogP contribution is -2.24. The molecule has 1 aromatic heterocycles. The summed E-state index contributed by atoms with van der Waals surface area (Å²) in [6.45, 7) is 0.519. The summed E-state index contributed by atoms with van der Waals surface area (Å²) < 4.78 is 5.16. The minimum absolute atomic E-state index is 0.0297. The van der Waals surface area contributed by atoms with Crippen LogP contribution in [0.2, 0.25) is 5.02 Å². The molecule has 0 unspecified atom stereocenters. The minimum Gasteiger partial charge on any atom is -0.497 e. The first-order valence-corrected chi connectivity index (χ1v) is 10.1. The van der Waals surface area contributed by atoms with Crippen LogP contribution in [-0.2, 0) is 4.79 Å². The van der Waals surface area contributed by atoms with E-state index in [9.17, 15) is 9.59 Å². The average molecular weight is 429 g/mol. The molecule has 148 valence electrons. The highest BCUT2D eigenvalue weighted by atomic mass is 35.5. The van der Waals surface area contributed by atoms with Crippen molar-refractivity contribution in [2.75, 3.05) is 23.9 Å². The SMILES string of the molecule is COc1ccc(N2C[C@@H](c3nnc(NC(=O)c4ccc(Cl)cc4)s3)CC2=O)cc1. The van der Waals surface area contributed by atoms with Crippen LogP contribution in [0.1, 0.15) is 27.7 Å². The molecule has 2 aromatic carbocycles. The molecule has 3 aromatic rings. The molecule has 4 rings (SSSR count). The summed E-state index contributed by atoms with van der Waals surface area (Å²) in [5.41, 5.74) is 1.30. The van der Waals surface area contributed by atoms with E-state index in [1.165, 1.54) is 11.3 Å². The molecule has 0 saturated carbocycles. The van der Waals surface area contributed by atoms with E-state index in [1.54, 1.807) is 36.3 Å². The Balaban J connectivity index is 1.43. The first kappa shape index (κ1) is 19.4. The zero-order chi connectivity index (χ0) is 20.4. The fraction of sp³-hybridized carbons (Fsp3) is 0.200. The predicted octanol–water partition coefficient (Wildman–Crippen LogP) is 3.97. The van der Waals surface area contributed by atoms with Crippen molar-refractivity contribution in [1.29, 1.82) is 0 Å². The maximum atomic E-state index is 12.5. The number of hydrogen-bond donors (Lipinski definition) is 1. The molecule has 2 amide bonds. The fourth-order valence-electron chi connectivity index (χ4n) is 3.11. The number of amides is 2. The molecule has 2 heterocycles. The average Bonchev–Trinajstić information content (AvgIpc) is 3.35. The van der Waals surface area contributed by atoms with Crippen LogP contribution in [0.25, 0.3) is 0 Å². The summed E-state index contributed by atoms with van der Waals surface area (Å²) in [7, 11) is 1.60.